The predicted molar refractivity (Wildman–Crippen MR) is 95.7 cm³/mol. The van der Waals surface area contributed by atoms with Gasteiger partial charge in [-0.15, -0.1) is 11.3 Å². The summed E-state index contributed by atoms with van der Waals surface area (Å²) < 4.78 is 26.2. The van der Waals surface area contributed by atoms with E-state index in [9.17, 15) is 13.2 Å². The lowest BCUT2D eigenvalue weighted by molar-refractivity contribution is 0.0952. The van der Waals surface area contributed by atoms with Gasteiger partial charge in [0.25, 0.3) is 5.91 Å². The van der Waals surface area contributed by atoms with Gasteiger partial charge in [-0.2, -0.15) is 0 Å². The van der Waals surface area contributed by atoms with Crippen LogP contribution in [0.25, 0.3) is 10.2 Å². The number of amides is 1. The molecule has 0 saturated carbocycles. The van der Waals surface area contributed by atoms with Crippen molar-refractivity contribution in [3.8, 4) is 0 Å². The Balaban J connectivity index is 1.75. The lowest BCUT2D eigenvalue weighted by atomic mass is 10.1. The maximum Gasteiger partial charge on any atom is 0.253 e. The van der Waals surface area contributed by atoms with Gasteiger partial charge in [-0.05, 0) is 24.3 Å². The third-order valence-corrected chi connectivity index (χ3v) is 4.83. The van der Waals surface area contributed by atoms with E-state index in [0.29, 0.717) is 0 Å². The van der Waals surface area contributed by atoms with Gasteiger partial charge in [-0.25, -0.2) is 13.4 Å². The average Bonchev–Trinajstić information content (AvgIpc) is 2.94. The van der Waals surface area contributed by atoms with Crippen molar-refractivity contribution in [3.05, 3.63) is 59.1 Å². The van der Waals surface area contributed by atoms with Crippen molar-refractivity contribution in [1.29, 1.82) is 0 Å². The van der Waals surface area contributed by atoms with Gasteiger partial charge in [0.05, 0.1) is 34.3 Å². The second-order valence-electron chi connectivity index (χ2n) is 5.18. The highest BCUT2D eigenvalue weighted by Crippen LogP contribution is 2.22. The van der Waals surface area contributed by atoms with Gasteiger partial charge < -0.3 is 5.32 Å². The third kappa shape index (κ3) is 3.90. The highest BCUT2D eigenvalue weighted by Gasteiger charge is 2.14. The molecule has 0 fully saturated rings. The molecule has 0 aliphatic rings. The number of fused-ring (bicyclic) bond motifs is 1. The Kier molecular flexibility index (Phi) is 4.50. The zero-order chi connectivity index (χ0) is 17.2. The fraction of sp³-hybridized carbons (Fsp3) is 0.125. The summed E-state index contributed by atoms with van der Waals surface area (Å²) in [5.41, 5.74) is 1.41. The van der Waals surface area contributed by atoms with Gasteiger partial charge in [-0.3, -0.25) is 9.52 Å². The summed E-state index contributed by atoms with van der Waals surface area (Å²) in [5.74, 6) is -0.360. The summed E-state index contributed by atoms with van der Waals surface area (Å²) in [7, 11) is -3.46. The lowest BCUT2D eigenvalue weighted by Gasteiger charge is -2.10. The van der Waals surface area contributed by atoms with Crippen molar-refractivity contribution in [1.82, 2.24) is 10.3 Å². The maximum absolute atomic E-state index is 12.4. The van der Waals surface area contributed by atoms with Gasteiger partial charge in [-0.1, -0.05) is 24.3 Å². The van der Waals surface area contributed by atoms with Crippen molar-refractivity contribution < 1.29 is 13.2 Å². The number of rotatable bonds is 5. The van der Waals surface area contributed by atoms with Gasteiger partial charge in [0.1, 0.15) is 5.01 Å². The summed E-state index contributed by atoms with van der Waals surface area (Å²) in [5, 5.41) is 3.57. The largest absolute Gasteiger partial charge is 0.345 e. The van der Waals surface area contributed by atoms with Gasteiger partial charge in [0, 0.05) is 0 Å². The van der Waals surface area contributed by atoms with Crippen LogP contribution in [0.15, 0.2) is 48.5 Å². The first-order chi connectivity index (χ1) is 11.4. The Labute approximate surface area is 143 Å². The van der Waals surface area contributed by atoms with Crippen LogP contribution in [0.5, 0.6) is 0 Å². The molecule has 3 rings (SSSR count). The molecule has 0 atom stereocenters. The first-order valence-electron chi connectivity index (χ1n) is 7.12. The Hall–Kier alpha value is -2.45. The monoisotopic (exact) mass is 361 g/mol. The van der Waals surface area contributed by atoms with E-state index >= 15 is 0 Å². The zero-order valence-electron chi connectivity index (χ0n) is 12.8. The average molecular weight is 361 g/mol. The van der Waals surface area contributed by atoms with E-state index in [-0.39, 0.29) is 23.7 Å². The quantitative estimate of drug-likeness (QED) is 0.731. The fourth-order valence-corrected chi connectivity index (χ4v) is 3.70. The molecular formula is C16H15N3O3S2. The SMILES string of the molecule is CS(=O)(=O)Nc1ccccc1C(=O)NCc1nc2ccccc2s1. The van der Waals surface area contributed by atoms with Crippen molar-refractivity contribution in [2.24, 2.45) is 0 Å². The number of hydrogen-bond donors (Lipinski definition) is 2. The number of aromatic nitrogens is 1. The molecular weight excluding hydrogens is 346 g/mol. The molecule has 1 heterocycles. The predicted octanol–water partition coefficient (Wildman–Crippen LogP) is 2.60. The Bertz CT molecular complexity index is 963. The van der Waals surface area contributed by atoms with E-state index in [2.05, 4.69) is 15.0 Å². The van der Waals surface area contributed by atoms with Crippen molar-refractivity contribution in [2.75, 3.05) is 11.0 Å². The maximum atomic E-state index is 12.4. The molecule has 2 N–H and O–H groups in total. The highest BCUT2D eigenvalue weighted by atomic mass is 32.2. The standard InChI is InChI=1S/C16H15N3O3S2/c1-24(21,22)19-12-7-3-2-6-11(12)16(20)17-10-15-18-13-8-4-5-9-14(13)23-15/h2-9,19H,10H2,1H3,(H,17,20). The van der Waals surface area contributed by atoms with Crippen molar-refractivity contribution >= 4 is 43.2 Å². The van der Waals surface area contributed by atoms with Crippen LogP contribution >= 0.6 is 11.3 Å². The molecule has 124 valence electrons. The van der Waals surface area contributed by atoms with Gasteiger partial charge in [0.15, 0.2) is 0 Å². The number of anilines is 1. The lowest BCUT2D eigenvalue weighted by Crippen LogP contribution is -2.24. The Morgan fingerprint density at radius 1 is 1.12 bits per heavy atom. The van der Waals surface area contributed by atoms with Crippen LogP contribution in [0.4, 0.5) is 5.69 Å². The summed E-state index contributed by atoms with van der Waals surface area (Å²) in [4.78, 5) is 16.8. The Morgan fingerprint density at radius 2 is 1.83 bits per heavy atom. The first-order valence-corrected chi connectivity index (χ1v) is 9.83. The molecule has 1 aromatic heterocycles. The van der Waals surface area contributed by atoms with E-state index in [1.807, 2.05) is 24.3 Å². The fourth-order valence-electron chi connectivity index (χ4n) is 2.22. The van der Waals surface area contributed by atoms with E-state index < -0.39 is 10.0 Å². The number of nitrogens with one attached hydrogen (secondary N) is 2. The Morgan fingerprint density at radius 3 is 2.58 bits per heavy atom. The molecule has 0 aliphatic heterocycles. The molecule has 1 amide bonds. The van der Waals surface area contributed by atoms with Gasteiger partial charge in [0.2, 0.25) is 10.0 Å². The molecule has 24 heavy (non-hydrogen) atoms. The molecule has 0 saturated heterocycles. The summed E-state index contributed by atoms with van der Waals surface area (Å²) in [6.45, 7) is 0.283. The minimum absolute atomic E-state index is 0.252. The molecule has 0 aliphatic carbocycles. The van der Waals surface area contributed by atoms with E-state index in [0.717, 1.165) is 21.5 Å². The summed E-state index contributed by atoms with van der Waals surface area (Å²) in [6, 6.07) is 14.2. The number of carbonyl (C=O) groups is 1. The third-order valence-electron chi connectivity index (χ3n) is 3.21. The normalized spacial score (nSPS) is 11.4. The second kappa shape index (κ2) is 6.58. The molecule has 3 aromatic rings. The van der Waals surface area contributed by atoms with Crippen LogP contribution in [-0.4, -0.2) is 25.6 Å². The second-order valence-corrected chi connectivity index (χ2v) is 8.04. The van der Waals surface area contributed by atoms with Crippen LogP contribution in [0.2, 0.25) is 0 Å². The molecule has 0 unspecified atom stereocenters. The smallest absolute Gasteiger partial charge is 0.253 e. The number of carbonyl (C=O) groups excluding carboxylic acids is 1. The van der Waals surface area contributed by atoms with Crippen LogP contribution in [0, 0.1) is 0 Å². The minimum Gasteiger partial charge on any atom is -0.345 e. The number of sulfonamides is 1. The summed E-state index contributed by atoms with van der Waals surface area (Å²) in [6.07, 6.45) is 1.04. The molecule has 0 radical (unpaired) electrons. The number of benzene rings is 2. The molecule has 8 heteroatoms. The van der Waals surface area contributed by atoms with Crippen LogP contribution < -0.4 is 10.0 Å². The first kappa shape index (κ1) is 16.4. The molecule has 6 nitrogen and oxygen atoms in total. The number of thiazole rings is 1. The van der Waals surface area contributed by atoms with E-state index in [1.165, 1.54) is 11.3 Å². The topological polar surface area (TPSA) is 88.2 Å². The number of para-hydroxylation sites is 2. The van der Waals surface area contributed by atoms with E-state index in [1.54, 1.807) is 24.3 Å². The minimum atomic E-state index is -3.46. The van der Waals surface area contributed by atoms with Crippen molar-refractivity contribution in [2.45, 2.75) is 6.54 Å². The highest BCUT2D eigenvalue weighted by molar-refractivity contribution is 7.92. The summed E-state index contributed by atoms with van der Waals surface area (Å²) >= 11 is 1.51. The zero-order valence-corrected chi connectivity index (χ0v) is 14.4. The van der Waals surface area contributed by atoms with Crippen LogP contribution in [0.3, 0.4) is 0 Å². The molecule has 0 bridgehead atoms. The van der Waals surface area contributed by atoms with Gasteiger partial charge >= 0.3 is 0 Å². The molecule has 0 spiro atoms. The van der Waals surface area contributed by atoms with E-state index in [4.69, 9.17) is 0 Å². The van der Waals surface area contributed by atoms with Crippen molar-refractivity contribution in [3.63, 3.8) is 0 Å². The molecule has 2 aromatic carbocycles. The van der Waals surface area contributed by atoms with Crippen LogP contribution in [0.1, 0.15) is 15.4 Å². The van der Waals surface area contributed by atoms with Crippen LogP contribution in [-0.2, 0) is 16.6 Å². The number of hydrogen-bond acceptors (Lipinski definition) is 5. The number of nitrogens with zero attached hydrogens (tertiary/aromatic N) is 1.